The molecule has 29 heavy (non-hydrogen) atoms. The number of para-hydroxylation sites is 1. The number of amides is 1. The van der Waals surface area contributed by atoms with E-state index in [1.165, 1.54) is 11.0 Å². The Balaban J connectivity index is 1.89. The SMILES string of the molecule is Cc1cccc(S(=O)(=O)N(CC(=O)N(C)Cc2ccc(C)o2)c2ccccc2)c1. The number of carbonyl (C=O) groups is 1. The average Bonchev–Trinajstić information content (AvgIpc) is 3.11. The third-order valence-corrected chi connectivity index (χ3v) is 6.29. The van der Waals surface area contributed by atoms with Crippen LogP contribution in [0.3, 0.4) is 0 Å². The minimum absolute atomic E-state index is 0.151. The van der Waals surface area contributed by atoms with E-state index >= 15 is 0 Å². The van der Waals surface area contributed by atoms with Crippen molar-refractivity contribution in [3.8, 4) is 0 Å². The van der Waals surface area contributed by atoms with Gasteiger partial charge in [0.25, 0.3) is 10.0 Å². The Labute approximate surface area is 171 Å². The first-order chi connectivity index (χ1) is 13.8. The molecule has 0 atom stereocenters. The van der Waals surface area contributed by atoms with Crippen LogP contribution in [0, 0.1) is 13.8 Å². The van der Waals surface area contributed by atoms with Gasteiger partial charge < -0.3 is 9.32 Å². The fraction of sp³-hybridized carbons (Fsp3) is 0.227. The van der Waals surface area contributed by atoms with E-state index in [1.54, 1.807) is 55.6 Å². The monoisotopic (exact) mass is 412 g/mol. The van der Waals surface area contributed by atoms with Crippen LogP contribution in [-0.2, 0) is 21.4 Å². The quantitative estimate of drug-likeness (QED) is 0.593. The number of carbonyl (C=O) groups excluding carboxylic acids is 1. The molecule has 0 aliphatic heterocycles. The summed E-state index contributed by atoms with van der Waals surface area (Å²) in [4.78, 5) is 14.5. The van der Waals surface area contributed by atoms with Gasteiger partial charge in [0, 0.05) is 7.05 Å². The molecule has 1 aromatic heterocycles. The van der Waals surface area contributed by atoms with Crippen molar-refractivity contribution < 1.29 is 17.6 Å². The molecule has 6 nitrogen and oxygen atoms in total. The number of anilines is 1. The van der Waals surface area contributed by atoms with E-state index in [4.69, 9.17) is 4.42 Å². The molecule has 152 valence electrons. The van der Waals surface area contributed by atoms with Crippen LogP contribution in [0.4, 0.5) is 5.69 Å². The maximum absolute atomic E-state index is 13.3. The van der Waals surface area contributed by atoms with Gasteiger partial charge >= 0.3 is 0 Å². The molecule has 0 radical (unpaired) electrons. The smallest absolute Gasteiger partial charge is 0.264 e. The summed E-state index contributed by atoms with van der Waals surface area (Å²) in [7, 11) is -2.28. The Kier molecular flexibility index (Phi) is 6.08. The van der Waals surface area contributed by atoms with Crippen molar-refractivity contribution in [3.63, 3.8) is 0 Å². The molecule has 0 unspecified atom stereocenters. The van der Waals surface area contributed by atoms with E-state index in [0.717, 1.165) is 15.6 Å². The Morgan fingerprint density at radius 1 is 0.966 bits per heavy atom. The second kappa shape index (κ2) is 8.53. The summed E-state index contributed by atoms with van der Waals surface area (Å²) in [5, 5.41) is 0. The van der Waals surface area contributed by atoms with E-state index in [-0.39, 0.29) is 23.9 Å². The highest BCUT2D eigenvalue weighted by atomic mass is 32.2. The van der Waals surface area contributed by atoms with E-state index < -0.39 is 10.0 Å². The van der Waals surface area contributed by atoms with Crippen molar-refractivity contribution in [2.24, 2.45) is 0 Å². The van der Waals surface area contributed by atoms with Gasteiger partial charge in [-0.05, 0) is 55.8 Å². The van der Waals surface area contributed by atoms with Crippen molar-refractivity contribution in [2.75, 3.05) is 17.9 Å². The highest BCUT2D eigenvalue weighted by molar-refractivity contribution is 7.92. The van der Waals surface area contributed by atoms with Gasteiger partial charge in [-0.3, -0.25) is 9.10 Å². The summed E-state index contributed by atoms with van der Waals surface area (Å²) in [6, 6.07) is 18.9. The van der Waals surface area contributed by atoms with Gasteiger partial charge in [0.2, 0.25) is 5.91 Å². The average molecular weight is 413 g/mol. The van der Waals surface area contributed by atoms with E-state index in [0.29, 0.717) is 11.4 Å². The number of likely N-dealkylation sites (N-methyl/N-ethyl adjacent to an activating group) is 1. The zero-order valence-electron chi connectivity index (χ0n) is 16.7. The fourth-order valence-electron chi connectivity index (χ4n) is 2.95. The molecule has 0 aliphatic rings. The van der Waals surface area contributed by atoms with Crippen LogP contribution in [0.5, 0.6) is 0 Å². The van der Waals surface area contributed by atoms with Gasteiger partial charge in [-0.15, -0.1) is 0 Å². The lowest BCUT2D eigenvalue weighted by atomic mass is 10.2. The van der Waals surface area contributed by atoms with Crippen LogP contribution in [0.2, 0.25) is 0 Å². The number of rotatable bonds is 7. The number of sulfonamides is 1. The van der Waals surface area contributed by atoms with E-state index in [2.05, 4.69) is 0 Å². The number of nitrogens with zero attached hydrogens (tertiary/aromatic N) is 2. The summed E-state index contributed by atoms with van der Waals surface area (Å²) in [6.07, 6.45) is 0. The fourth-order valence-corrected chi connectivity index (χ4v) is 4.47. The van der Waals surface area contributed by atoms with Gasteiger partial charge in [0.1, 0.15) is 18.1 Å². The van der Waals surface area contributed by atoms with Crippen LogP contribution in [0.25, 0.3) is 0 Å². The van der Waals surface area contributed by atoms with Gasteiger partial charge in [0.15, 0.2) is 0 Å². The molecule has 0 saturated heterocycles. The van der Waals surface area contributed by atoms with Crippen LogP contribution >= 0.6 is 0 Å². The number of furan rings is 1. The van der Waals surface area contributed by atoms with E-state index in [1.807, 2.05) is 26.0 Å². The third-order valence-electron chi connectivity index (χ3n) is 4.52. The summed E-state index contributed by atoms with van der Waals surface area (Å²) in [5.74, 6) is 1.07. The molecule has 2 aromatic carbocycles. The lowest BCUT2D eigenvalue weighted by Gasteiger charge is -2.26. The second-order valence-electron chi connectivity index (χ2n) is 6.93. The molecule has 3 aromatic rings. The molecule has 0 saturated carbocycles. The zero-order valence-corrected chi connectivity index (χ0v) is 17.5. The molecule has 3 rings (SSSR count). The van der Waals surface area contributed by atoms with Crippen LogP contribution in [0.1, 0.15) is 17.1 Å². The molecule has 1 heterocycles. The first-order valence-corrected chi connectivity index (χ1v) is 10.6. The Hall–Kier alpha value is -3.06. The minimum atomic E-state index is -3.91. The number of benzene rings is 2. The largest absolute Gasteiger partial charge is 0.464 e. The summed E-state index contributed by atoms with van der Waals surface area (Å²) in [6.45, 7) is 3.61. The molecule has 1 amide bonds. The lowest BCUT2D eigenvalue weighted by Crippen LogP contribution is -2.41. The normalized spacial score (nSPS) is 11.3. The van der Waals surface area contributed by atoms with Crippen LogP contribution in [-0.4, -0.2) is 32.8 Å². The van der Waals surface area contributed by atoms with Crippen LogP contribution < -0.4 is 4.31 Å². The van der Waals surface area contributed by atoms with E-state index in [9.17, 15) is 13.2 Å². The number of hydrogen-bond donors (Lipinski definition) is 0. The maximum atomic E-state index is 13.3. The number of hydrogen-bond acceptors (Lipinski definition) is 4. The van der Waals surface area contributed by atoms with Crippen molar-refractivity contribution in [1.82, 2.24) is 4.90 Å². The third kappa shape index (κ3) is 4.86. The molecule has 0 N–H and O–H groups in total. The van der Waals surface area contributed by atoms with Gasteiger partial charge in [0.05, 0.1) is 17.1 Å². The summed E-state index contributed by atoms with van der Waals surface area (Å²) >= 11 is 0. The van der Waals surface area contributed by atoms with Crippen molar-refractivity contribution in [1.29, 1.82) is 0 Å². The first kappa shape index (κ1) is 20.7. The van der Waals surface area contributed by atoms with Gasteiger partial charge in [-0.25, -0.2) is 8.42 Å². The van der Waals surface area contributed by atoms with Gasteiger partial charge in [-0.1, -0.05) is 30.3 Å². The molecule has 0 fully saturated rings. The minimum Gasteiger partial charge on any atom is -0.464 e. The maximum Gasteiger partial charge on any atom is 0.264 e. The second-order valence-corrected chi connectivity index (χ2v) is 8.79. The predicted molar refractivity (Wildman–Crippen MR) is 112 cm³/mol. The molecule has 0 spiro atoms. The number of aryl methyl sites for hydroxylation is 2. The standard InChI is InChI=1S/C22H24N2O4S/c1-17-8-7-11-21(14-17)29(26,27)24(19-9-5-4-6-10-19)16-22(25)23(3)15-20-13-12-18(2)28-20/h4-14H,15-16H2,1-3H3. The predicted octanol–water partition coefficient (Wildman–Crippen LogP) is 3.75. The van der Waals surface area contributed by atoms with Crippen LogP contribution in [0.15, 0.2) is 76.0 Å². The Morgan fingerprint density at radius 3 is 2.31 bits per heavy atom. The Bertz CT molecular complexity index is 1090. The first-order valence-electron chi connectivity index (χ1n) is 9.21. The lowest BCUT2D eigenvalue weighted by molar-refractivity contribution is -0.129. The van der Waals surface area contributed by atoms with Crippen molar-refractivity contribution in [3.05, 3.63) is 83.8 Å². The summed E-state index contributed by atoms with van der Waals surface area (Å²) < 4.78 is 33.3. The molecule has 7 heteroatoms. The summed E-state index contributed by atoms with van der Waals surface area (Å²) in [5.41, 5.74) is 1.26. The Morgan fingerprint density at radius 2 is 1.69 bits per heavy atom. The molecular formula is C22H24N2O4S. The zero-order chi connectivity index (χ0) is 21.0. The highest BCUT2D eigenvalue weighted by Gasteiger charge is 2.28. The topological polar surface area (TPSA) is 70.8 Å². The van der Waals surface area contributed by atoms with Crippen molar-refractivity contribution >= 4 is 21.6 Å². The molecular weight excluding hydrogens is 388 g/mol. The van der Waals surface area contributed by atoms with Gasteiger partial charge in [-0.2, -0.15) is 0 Å². The molecule has 0 aliphatic carbocycles. The van der Waals surface area contributed by atoms with Crippen molar-refractivity contribution in [2.45, 2.75) is 25.3 Å². The molecule has 0 bridgehead atoms. The highest BCUT2D eigenvalue weighted by Crippen LogP contribution is 2.24.